The van der Waals surface area contributed by atoms with E-state index in [4.69, 9.17) is 16.3 Å². The summed E-state index contributed by atoms with van der Waals surface area (Å²) in [4.78, 5) is 12.0. The Balaban J connectivity index is 2.16. The van der Waals surface area contributed by atoms with Gasteiger partial charge in [0.05, 0.1) is 13.7 Å². The number of hydrogen-bond acceptors (Lipinski definition) is 4. The lowest BCUT2D eigenvalue weighted by molar-refractivity contribution is -0.116. The number of benzene rings is 2. The molecular weight excluding hydrogens is 432 g/mol. The Labute approximate surface area is 159 Å². The highest BCUT2D eigenvalue weighted by Gasteiger charge is 2.26. The van der Waals surface area contributed by atoms with E-state index in [1.165, 1.54) is 32.4 Å². The van der Waals surface area contributed by atoms with Crippen LogP contribution in [0.3, 0.4) is 0 Å². The Morgan fingerprint density at radius 1 is 1.24 bits per heavy atom. The highest BCUT2D eigenvalue weighted by molar-refractivity contribution is 9.10. The largest absolute Gasteiger partial charge is 0.495 e. The van der Waals surface area contributed by atoms with Gasteiger partial charge < -0.3 is 10.1 Å². The second-order valence-corrected chi connectivity index (χ2v) is 8.48. The van der Waals surface area contributed by atoms with Gasteiger partial charge in [0.2, 0.25) is 15.9 Å². The van der Waals surface area contributed by atoms with Crippen molar-refractivity contribution >= 4 is 49.1 Å². The third-order valence-corrected chi connectivity index (χ3v) is 5.90. The third-order valence-electron chi connectivity index (χ3n) is 3.31. The molecule has 6 nitrogen and oxygen atoms in total. The van der Waals surface area contributed by atoms with Crippen LogP contribution in [-0.2, 0) is 14.8 Å². The van der Waals surface area contributed by atoms with E-state index in [1.807, 2.05) is 0 Å². The quantitative estimate of drug-likeness (QED) is 0.737. The van der Waals surface area contributed by atoms with Gasteiger partial charge in [-0.3, -0.25) is 4.79 Å². The fourth-order valence-electron chi connectivity index (χ4n) is 2.04. The summed E-state index contributed by atoms with van der Waals surface area (Å²) >= 11 is 9.19. The van der Waals surface area contributed by atoms with Gasteiger partial charge in [0.25, 0.3) is 0 Å². The molecule has 0 aliphatic rings. The Morgan fingerprint density at radius 3 is 2.48 bits per heavy atom. The molecule has 2 rings (SSSR count). The fraction of sp³-hybridized carbons (Fsp3) is 0.188. The number of amides is 1. The maximum absolute atomic E-state index is 12.7. The monoisotopic (exact) mass is 446 g/mol. The number of carbonyl (C=O) groups excluding carboxylic acids is 1. The van der Waals surface area contributed by atoms with Crippen molar-refractivity contribution in [1.82, 2.24) is 4.31 Å². The Bertz CT molecular complexity index is 872. The highest BCUT2D eigenvalue weighted by Crippen LogP contribution is 2.29. The van der Waals surface area contributed by atoms with Gasteiger partial charge in [-0.25, -0.2) is 8.42 Å². The van der Waals surface area contributed by atoms with E-state index in [1.54, 1.807) is 24.3 Å². The molecule has 0 atom stereocenters. The van der Waals surface area contributed by atoms with Crippen molar-refractivity contribution in [1.29, 1.82) is 0 Å². The number of rotatable bonds is 6. The molecule has 0 aromatic heterocycles. The average molecular weight is 448 g/mol. The fourth-order valence-corrected chi connectivity index (χ4v) is 3.85. The molecule has 1 amide bonds. The van der Waals surface area contributed by atoms with Crippen LogP contribution < -0.4 is 10.1 Å². The molecule has 0 fully saturated rings. The average Bonchev–Trinajstić information content (AvgIpc) is 2.56. The minimum Gasteiger partial charge on any atom is -0.495 e. The molecule has 0 bridgehead atoms. The minimum absolute atomic E-state index is 0.0959. The topological polar surface area (TPSA) is 75.7 Å². The van der Waals surface area contributed by atoms with Crippen LogP contribution in [0, 0.1) is 0 Å². The van der Waals surface area contributed by atoms with Gasteiger partial charge >= 0.3 is 0 Å². The molecular formula is C16H16BrClN2O4S. The first kappa shape index (κ1) is 19.7. The van der Waals surface area contributed by atoms with E-state index < -0.39 is 15.9 Å². The zero-order chi connectivity index (χ0) is 18.6. The number of carbonyl (C=O) groups is 1. The van der Waals surface area contributed by atoms with Crippen molar-refractivity contribution in [2.24, 2.45) is 0 Å². The van der Waals surface area contributed by atoms with Crippen LogP contribution in [0.25, 0.3) is 0 Å². The van der Waals surface area contributed by atoms with Crippen molar-refractivity contribution in [2.75, 3.05) is 26.0 Å². The zero-order valence-electron chi connectivity index (χ0n) is 13.5. The van der Waals surface area contributed by atoms with Gasteiger partial charge in [-0.1, -0.05) is 27.5 Å². The first-order chi connectivity index (χ1) is 11.7. The molecule has 0 aliphatic carbocycles. The predicted octanol–water partition coefficient (Wildman–Crippen LogP) is 3.37. The number of hydrogen-bond donors (Lipinski definition) is 1. The van der Waals surface area contributed by atoms with E-state index in [9.17, 15) is 13.2 Å². The number of methoxy groups -OCH3 is 1. The summed E-state index contributed by atoms with van der Waals surface area (Å²) in [5, 5.41) is 2.90. The lowest BCUT2D eigenvalue weighted by Crippen LogP contribution is -2.35. The standard InChI is InChI=1S/C16H16BrClN2O4S/c1-20(10-16(21)19-13-6-3-11(17)4-7-13)25(22,23)15-9-12(18)5-8-14(15)24-2/h3-9H,10H2,1-2H3,(H,19,21). The van der Waals surface area contributed by atoms with E-state index in [-0.39, 0.29) is 22.2 Å². The Hall–Kier alpha value is -1.61. The molecule has 2 aromatic carbocycles. The highest BCUT2D eigenvalue weighted by atomic mass is 79.9. The van der Waals surface area contributed by atoms with Crippen molar-refractivity contribution in [2.45, 2.75) is 4.90 Å². The Kier molecular flexibility index (Phi) is 6.45. The SMILES string of the molecule is COc1ccc(Cl)cc1S(=O)(=O)N(C)CC(=O)Nc1ccc(Br)cc1. The molecule has 9 heteroatoms. The molecule has 0 unspecified atom stereocenters. The first-order valence-electron chi connectivity index (χ1n) is 7.09. The Morgan fingerprint density at radius 2 is 1.88 bits per heavy atom. The molecule has 134 valence electrons. The van der Waals surface area contributed by atoms with E-state index in [2.05, 4.69) is 21.2 Å². The lowest BCUT2D eigenvalue weighted by Gasteiger charge is -2.18. The van der Waals surface area contributed by atoms with Gasteiger partial charge in [-0.15, -0.1) is 0 Å². The number of likely N-dealkylation sites (N-methyl/N-ethyl adjacent to an activating group) is 1. The maximum Gasteiger partial charge on any atom is 0.247 e. The molecule has 1 N–H and O–H groups in total. The van der Waals surface area contributed by atoms with Gasteiger partial charge in [-0.05, 0) is 42.5 Å². The number of nitrogens with one attached hydrogen (secondary N) is 1. The van der Waals surface area contributed by atoms with Gasteiger partial charge in [-0.2, -0.15) is 4.31 Å². The van der Waals surface area contributed by atoms with E-state index in [0.29, 0.717) is 5.69 Å². The normalized spacial score (nSPS) is 11.4. The number of sulfonamides is 1. The maximum atomic E-state index is 12.7. The second-order valence-electron chi connectivity index (χ2n) is 5.11. The summed E-state index contributed by atoms with van der Waals surface area (Å²) in [5.74, 6) is -0.307. The molecule has 0 radical (unpaired) electrons. The van der Waals surface area contributed by atoms with Crippen LogP contribution in [0.4, 0.5) is 5.69 Å². The van der Waals surface area contributed by atoms with Crippen molar-refractivity contribution in [3.8, 4) is 5.75 Å². The summed E-state index contributed by atoms with van der Waals surface area (Å²) < 4.78 is 32.3. The smallest absolute Gasteiger partial charge is 0.247 e. The van der Waals surface area contributed by atoms with E-state index in [0.717, 1.165) is 8.78 Å². The molecule has 2 aromatic rings. The lowest BCUT2D eigenvalue weighted by atomic mass is 10.3. The first-order valence-corrected chi connectivity index (χ1v) is 9.70. The van der Waals surface area contributed by atoms with Crippen molar-refractivity contribution in [3.63, 3.8) is 0 Å². The van der Waals surface area contributed by atoms with Crippen LogP contribution in [0.2, 0.25) is 5.02 Å². The number of ether oxygens (including phenoxy) is 1. The van der Waals surface area contributed by atoms with Crippen molar-refractivity contribution in [3.05, 3.63) is 52.0 Å². The predicted molar refractivity (Wildman–Crippen MR) is 101 cm³/mol. The molecule has 0 saturated carbocycles. The summed E-state index contributed by atoms with van der Waals surface area (Å²) in [6.45, 7) is -0.353. The van der Waals surface area contributed by atoms with Crippen LogP contribution in [0.5, 0.6) is 5.75 Å². The number of anilines is 1. The molecule has 0 saturated heterocycles. The zero-order valence-corrected chi connectivity index (χ0v) is 16.7. The minimum atomic E-state index is -3.94. The molecule has 0 aliphatic heterocycles. The van der Waals surface area contributed by atoms with E-state index >= 15 is 0 Å². The summed E-state index contributed by atoms with van der Waals surface area (Å²) in [7, 11) is -1.26. The van der Waals surface area contributed by atoms with Gasteiger partial charge in [0.15, 0.2) is 0 Å². The second kappa shape index (κ2) is 8.18. The molecule has 25 heavy (non-hydrogen) atoms. The van der Waals surface area contributed by atoms with Crippen LogP contribution >= 0.6 is 27.5 Å². The number of halogens is 2. The summed E-state index contributed by atoms with van der Waals surface area (Å²) in [6.07, 6.45) is 0. The van der Waals surface area contributed by atoms with Gasteiger partial charge in [0, 0.05) is 22.2 Å². The molecule has 0 spiro atoms. The number of nitrogens with zero attached hydrogens (tertiary/aromatic N) is 1. The van der Waals surface area contributed by atoms with Crippen LogP contribution in [0.1, 0.15) is 0 Å². The molecule has 0 heterocycles. The van der Waals surface area contributed by atoms with Crippen molar-refractivity contribution < 1.29 is 17.9 Å². The van der Waals surface area contributed by atoms with Crippen LogP contribution in [-0.4, -0.2) is 39.3 Å². The summed E-state index contributed by atoms with van der Waals surface area (Å²) in [5.41, 5.74) is 0.569. The third kappa shape index (κ3) is 4.94. The van der Waals surface area contributed by atoms with Gasteiger partial charge in [0.1, 0.15) is 10.6 Å². The summed E-state index contributed by atoms with van der Waals surface area (Å²) in [6, 6.07) is 11.2. The van der Waals surface area contributed by atoms with Crippen LogP contribution in [0.15, 0.2) is 51.8 Å².